The molecule has 0 saturated heterocycles. The second-order valence-electron chi connectivity index (χ2n) is 5.13. The molecule has 0 aliphatic rings. The Morgan fingerprint density at radius 1 is 0.938 bits per heavy atom. The van der Waals surface area contributed by atoms with E-state index in [4.69, 9.17) is 0 Å². The highest BCUT2D eigenvalue weighted by Gasteiger charge is 2.28. The molecule has 1 heteroatoms. The number of carbonyl (C=O) groups is 1. The Hall–Kier alpha value is -0.330. The van der Waals surface area contributed by atoms with E-state index in [0.717, 1.165) is 12.8 Å². The van der Waals surface area contributed by atoms with Gasteiger partial charge in [0.15, 0.2) is 0 Å². The van der Waals surface area contributed by atoms with Crippen LogP contribution in [0.5, 0.6) is 0 Å². The minimum atomic E-state index is 0.316. The van der Waals surface area contributed by atoms with Gasteiger partial charge in [0.1, 0.15) is 5.78 Å². The average Bonchev–Trinajstić information content (AvgIpc) is 2.29. The standard InChI is InChI=1S/C15H30O/c1-5-9-10-12-15(8-4,11-6-2)13-14(16)7-3/h5-13H2,1-4H3. The molecule has 1 nitrogen and oxygen atoms in total. The van der Waals surface area contributed by atoms with Crippen molar-refractivity contribution in [2.45, 2.75) is 85.5 Å². The molecule has 1 unspecified atom stereocenters. The fraction of sp³-hybridized carbons (Fsp3) is 0.933. The van der Waals surface area contributed by atoms with E-state index in [1.54, 1.807) is 0 Å². The molecular weight excluding hydrogens is 196 g/mol. The summed E-state index contributed by atoms with van der Waals surface area (Å²) in [4.78, 5) is 11.7. The number of rotatable bonds is 10. The number of hydrogen-bond donors (Lipinski definition) is 0. The molecule has 0 saturated carbocycles. The lowest BCUT2D eigenvalue weighted by atomic mass is 9.72. The van der Waals surface area contributed by atoms with Crippen molar-refractivity contribution < 1.29 is 4.79 Å². The summed E-state index contributed by atoms with van der Waals surface area (Å²) < 4.78 is 0. The van der Waals surface area contributed by atoms with Crippen molar-refractivity contribution in [3.8, 4) is 0 Å². The van der Waals surface area contributed by atoms with E-state index in [2.05, 4.69) is 20.8 Å². The van der Waals surface area contributed by atoms with Crippen molar-refractivity contribution in [3.63, 3.8) is 0 Å². The summed E-state index contributed by atoms with van der Waals surface area (Å²) in [6.45, 7) is 8.72. The maximum absolute atomic E-state index is 11.7. The maximum atomic E-state index is 11.7. The second kappa shape index (κ2) is 8.78. The summed E-state index contributed by atoms with van der Waals surface area (Å²) in [7, 11) is 0. The Kier molecular flexibility index (Phi) is 8.60. The van der Waals surface area contributed by atoms with Gasteiger partial charge in [-0.15, -0.1) is 0 Å². The molecule has 0 amide bonds. The SMILES string of the molecule is CCCCCC(CC)(CCC)CC(=O)CC. The highest BCUT2D eigenvalue weighted by atomic mass is 16.1. The normalized spacial score (nSPS) is 14.8. The molecule has 0 fully saturated rings. The zero-order valence-electron chi connectivity index (χ0n) is 11.8. The Labute approximate surface area is 102 Å². The van der Waals surface area contributed by atoms with Gasteiger partial charge in [-0.3, -0.25) is 4.79 Å². The third-order valence-corrected chi connectivity index (χ3v) is 3.81. The number of Topliss-reactive ketones (excluding diaryl/α,β-unsaturated/α-hetero) is 1. The Balaban J connectivity index is 4.37. The third kappa shape index (κ3) is 5.67. The predicted octanol–water partition coefficient (Wildman–Crippen LogP) is 5.13. The van der Waals surface area contributed by atoms with E-state index in [0.29, 0.717) is 17.6 Å². The molecular formula is C15H30O. The van der Waals surface area contributed by atoms with Crippen LogP contribution in [0.4, 0.5) is 0 Å². The summed E-state index contributed by atoms with van der Waals surface area (Å²) in [5.74, 6) is 0.451. The summed E-state index contributed by atoms with van der Waals surface area (Å²) >= 11 is 0. The van der Waals surface area contributed by atoms with Crippen molar-refractivity contribution in [3.05, 3.63) is 0 Å². The summed E-state index contributed by atoms with van der Waals surface area (Å²) in [6, 6.07) is 0. The van der Waals surface area contributed by atoms with E-state index < -0.39 is 0 Å². The van der Waals surface area contributed by atoms with Gasteiger partial charge in [0, 0.05) is 12.8 Å². The molecule has 0 aromatic rings. The van der Waals surface area contributed by atoms with E-state index in [-0.39, 0.29) is 0 Å². The van der Waals surface area contributed by atoms with Crippen molar-refractivity contribution in [1.82, 2.24) is 0 Å². The van der Waals surface area contributed by atoms with Gasteiger partial charge >= 0.3 is 0 Å². The first kappa shape index (κ1) is 15.7. The fourth-order valence-electron chi connectivity index (χ4n) is 2.60. The molecule has 0 aliphatic heterocycles. The predicted molar refractivity (Wildman–Crippen MR) is 71.7 cm³/mol. The van der Waals surface area contributed by atoms with Crippen LogP contribution in [0.3, 0.4) is 0 Å². The molecule has 0 aromatic carbocycles. The Morgan fingerprint density at radius 3 is 2.06 bits per heavy atom. The van der Waals surface area contributed by atoms with Crippen LogP contribution in [0.2, 0.25) is 0 Å². The lowest BCUT2D eigenvalue weighted by molar-refractivity contribution is -0.121. The average molecular weight is 226 g/mol. The lowest BCUT2D eigenvalue weighted by Crippen LogP contribution is -2.23. The van der Waals surface area contributed by atoms with E-state index in [1.165, 1.54) is 38.5 Å². The topological polar surface area (TPSA) is 17.1 Å². The number of carbonyl (C=O) groups excluding carboxylic acids is 1. The van der Waals surface area contributed by atoms with Crippen LogP contribution >= 0.6 is 0 Å². The molecule has 1 atom stereocenters. The first-order chi connectivity index (χ1) is 7.64. The Morgan fingerprint density at radius 2 is 1.62 bits per heavy atom. The van der Waals surface area contributed by atoms with Gasteiger partial charge in [-0.25, -0.2) is 0 Å². The smallest absolute Gasteiger partial charge is 0.133 e. The van der Waals surface area contributed by atoms with Gasteiger partial charge in [-0.05, 0) is 18.3 Å². The van der Waals surface area contributed by atoms with Crippen LogP contribution in [0.15, 0.2) is 0 Å². The molecule has 0 aromatic heterocycles. The van der Waals surface area contributed by atoms with E-state index in [1.807, 2.05) is 6.92 Å². The van der Waals surface area contributed by atoms with Crippen molar-refractivity contribution in [2.24, 2.45) is 5.41 Å². The number of hydrogen-bond acceptors (Lipinski definition) is 1. The van der Waals surface area contributed by atoms with Crippen LogP contribution in [0, 0.1) is 5.41 Å². The van der Waals surface area contributed by atoms with Gasteiger partial charge in [0.2, 0.25) is 0 Å². The monoisotopic (exact) mass is 226 g/mol. The minimum Gasteiger partial charge on any atom is -0.300 e. The summed E-state index contributed by atoms with van der Waals surface area (Å²) in [6.07, 6.45) is 10.2. The number of ketones is 1. The molecule has 16 heavy (non-hydrogen) atoms. The zero-order valence-corrected chi connectivity index (χ0v) is 11.8. The maximum Gasteiger partial charge on any atom is 0.133 e. The van der Waals surface area contributed by atoms with Crippen LogP contribution in [0.25, 0.3) is 0 Å². The fourth-order valence-corrected chi connectivity index (χ4v) is 2.60. The molecule has 0 aliphatic carbocycles. The van der Waals surface area contributed by atoms with E-state index in [9.17, 15) is 4.79 Å². The highest BCUT2D eigenvalue weighted by molar-refractivity contribution is 5.78. The first-order valence-corrected chi connectivity index (χ1v) is 7.15. The van der Waals surface area contributed by atoms with Gasteiger partial charge in [-0.2, -0.15) is 0 Å². The van der Waals surface area contributed by atoms with Gasteiger partial charge in [-0.1, -0.05) is 59.8 Å². The summed E-state index contributed by atoms with van der Waals surface area (Å²) in [5, 5.41) is 0. The summed E-state index contributed by atoms with van der Waals surface area (Å²) in [5.41, 5.74) is 0.316. The Bertz CT molecular complexity index is 186. The largest absolute Gasteiger partial charge is 0.300 e. The van der Waals surface area contributed by atoms with Crippen molar-refractivity contribution in [1.29, 1.82) is 0 Å². The van der Waals surface area contributed by atoms with E-state index >= 15 is 0 Å². The molecule has 0 rings (SSSR count). The van der Waals surface area contributed by atoms with Gasteiger partial charge in [0.05, 0.1) is 0 Å². The minimum absolute atomic E-state index is 0.316. The second-order valence-corrected chi connectivity index (χ2v) is 5.13. The lowest BCUT2D eigenvalue weighted by Gasteiger charge is -2.32. The van der Waals surface area contributed by atoms with Crippen LogP contribution in [-0.2, 0) is 4.79 Å². The van der Waals surface area contributed by atoms with Gasteiger partial charge < -0.3 is 0 Å². The van der Waals surface area contributed by atoms with Crippen LogP contribution < -0.4 is 0 Å². The van der Waals surface area contributed by atoms with Gasteiger partial charge in [0.25, 0.3) is 0 Å². The molecule has 96 valence electrons. The molecule has 0 bridgehead atoms. The quantitative estimate of drug-likeness (QED) is 0.472. The molecule has 0 spiro atoms. The first-order valence-electron chi connectivity index (χ1n) is 7.15. The highest BCUT2D eigenvalue weighted by Crippen LogP contribution is 2.38. The van der Waals surface area contributed by atoms with Crippen molar-refractivity contribution in [2.75, 3.05) is 0 Å². The zero-order chi connectivity index (χ0) is 12.4. The van der Waals surface area contributed by atoms with Crippen LogP contribution in [-0.4, -0.2) is 5.78 Å². The molecule has 0 heterocycles. The molecule has 0 radical (unpaired) electrons. The van der Waals surface area contributed by atoms with Crippen LogP contribution in [0.1, 0.15) is 85.5 Å². The third-order valence-electron chi connectivity index (χ3n) is 3.81. The molecule has 0 N–H and O–H groups in total. The van der Waals surface area contributed by atoms with Crippen molar-refractivity contribution >= 4 is 5.78 Å². The number of unbranched alkanes of at least 4 members (excludes halogenated alkanes) is 2.